The minimum atomic E-state index is -6.26. The van der Waals surface area contributed by atoms with Crippen LogP contribution in [0.4, 0.5) is 65.9 Å². The van der Waals surface area contributed by atoms with E-state index in [-0.39, 0.29) is 30.9 Å². The molecule has 0 aliphatic rings. The van der Waals surface area contributed by atoms with E-state index in [1.54, 1.807) is 6.92 Å². The Kier molecular flexibility index (Phi) is 12.3. The van der Waals surface area contributed by atoms with Crippen LogP contribution < -0.4 is 0 Å². The molecule has 270 valence electrons. The van der Waals surface area contributed by atoms with Crippen molar-refractivity contribution in [3.05, 3.63) is 70.3 Å². The number of hydrogen-bond acceptors (Lipinski definition) is 3. The Morgan fingerprint density at radius 1 is 0.468 bits per heavy atom. The molecule has 0 spiro atoms. The van der Waals surface area contributed by atoms with Crippen LogP contribution in [0.15, 0.2) is 42.5 Å². The second-order valence-electron chi connectivity index (χ2n) is 11.1. The van der Waals surface area contributed by atoms with E-state index >= 15 is 0 Å². The van der Waals surface area contributed by atoms with Crippen LogP contribution in [0.3, 0.4) is 0 Å². The molecule has 0 fully saturated rings. The Hall–Kier alpha value is -2.73. The standard InChI is InChI=1S/C16H17F9O2.C13H14F6O/c1-4-8(2)9-5-10(12(3,26)14(17,18)19)7-11(6-9)13(27,15(20,21)22)16(23,24)25;1-3-8(2)9-4-6-10(7-5-9)11(20,12(14,15)16)13(17,18)19/h5-8,26-27H,4H2,1-3H3;4-8,20H,3H2,1-2H3. The molecule has 0 aliphatic carbocycles. The van der Waals surface area contributed by atoms with E-state index in [9.17, 15) is 81.2 Å². The van der Waals surface area contributed by atoms with Gasteiger partial charge in [-0.15, -0.1) is 0 Å². The predicted octanol–water partition coefficient (Wildman–Crippen LogP) is 9.79. The van der Waals surface area contributed by atoms with Gasteiger partial charge in [0.2, 0.25) is 0 Å². The normalized spacial score (nSPS) is 16.6. The molecule has 0 amide bonds. The highest BCUT2D eigenvalue weighted by molar-refractivity contribution is 5.40. The Morgan fingerprint density at radius 2 is 0.787 bits per heavy atom. The maximum atomic E-state index is 13.1. The summed E-state index contributed by atoms with van der Waals surface area (Å²) in [7, 11) is 0. The van der Waals surface area contributed by atoms with Crippen molar-refractivity contribution in [3.63, 3.8) is 0 Å². The molecule has 3 N–H and O–H groups in total. The third-order valence-electron chi connectivity index (χ3n) is 7.82. The molecular formula is C29H31F15O3. The molecule has 2 rings (SSSR count). The summed E-state index contributed by atoms with van der Waals surface area (Å²) in [6.45, 7) is 6.73. The third-order valence-corrected chi connectivity index (χ3v) is 7.82. The van der Waals surface area contributed by atoms with Crippen LogP contribution in [-0.2, 0) is 16.8 Å². The quantitative estimate of drug-likeness (QED) is 0.251. The molecule has 3 nitrogen and oxygen atoms in total. The zero-order valence-electron chi connectivity index (χ0n) is 25.1. The monoisotopic (exact) mass is 712 g/mol. The molecule has 2 aromatic carbocycles. The molecule has 0 saturated heterocycles. The Morgan fingerprint density at radius 3 is 1.11 bits per heavy atom. The first kappa shape index (κ1) is 42.3. The lowest BCUT2D eigenvalue weighted by Gasteiger charge is -2.35. The highest BCUT2D eigenvalue weighted by Crippen LogP contribution is 2.52. The van der Waals surface area contributed by atoms with E-state index < -0.39 is 70.3 Å². The molecule has 0 aliphatic heterocycles. The first-order valence-electron chi connectivity index (χ1n) is 13.5. The van der Waals surface area contributed by atoms with Crippen molar-refractivity contribution in [3.8, 4) is 0 Å². The zero-order chi connectivity index (χ0) is 37.4. The van der Waals surface area contributed by atoms with Crippen molar-refractivity contribution in [2.75, 3.05) is 0 Å². The summed E-state index contributed by atoms with van der Waals surface area (Å²) in [6, 6.07) is 4.59. The van der Waals surface area contributed by atoms with Gasteiger partial charge in [0.05, 0.1) is 0 Å². The number of alkyl halides is 15. The van der Waals surface area contributed by atoms with Gasteiger partial charge in [0.25, 0.3) is 11.2 Å². The SMILES string of the molecule is CCC(C)c1cc(C(C)(O)C(F)(F)F)cc(C(O)(C(F)(F)F)C(F)(F)F)c1.CCC(C)c1ccc(C(O)(C(F)(F)F)C(F)(F)F)cc1. The van der Waals surface area contributed by atoms with Crippen molar-refractivity contribution in [1.82, 2.24) is 0 Å². The van der Waals surface area contributed by atoms with Crippen molar-refractivity contribution in [1.29, 1.82) is 0 Å². The predicted molar refractivity (Wildman–Crippen MR) is 138 cm³/mol. The summed E-state index contributed by atoms with van der Waals surface area (Å²) < 4.78 is 194. The van der Waals surface area contributed by atoms with Crippen LogP contribution in [0.5, 0.6) is 0 Å². The van der Waals surface area contributed by atoms with E-state index in [0.29, 0.717) is 36.2 Å². The number of benzene rings is 2. The molecule has 0 bridgehead atoms. The van der Waals surface area contributed by atoms with E-state index in [0.717, 1.165) is 0 Å². The number of rotatable bonds is 7. The molecule has 47 heavy (non-hydrogen) atoms. The van der Waals surface area contributed by atoms with Crippen LogP contribution in [0, 0.1) is 0 Å². The molecule has 18 heteroatoms. The number of halogens is 15. The van der Waals surface area contributed by atoms with Crippen molar-refractivity contribution in [2.24, 2.45) is 0 Å². The summed E-state index contributed by atoms with van der Waals surface area (Å²) >= 11 is 0. The molecule has 0 radical (unpaired) electrons. The van der Waals surface area contributed by atoms with E-state index in [2.05, 4.69) is 0 Å². The first-order valence-corrected chi connectivity index (χ1v) is 13.5. The average molecular weight is 713 g/mol. The summed E-state index contributed by atoms with van der Waals surface area (Å²) in [6.07, 6.45) is -28.7. The van der Waals surface area contributed by atoms with Gasteiger partial charge in [0, 0.05) is 11.1 Å². The highest BCUT2D eigenvalue weighted by Gasteiger charge is 2.72. The molecule has 0 aromatic heterocycles. The summed E-state index contributed by atoms with van der Waals surface area (Å²) in [4.78, 5) is 0. The topological polar surface area (TPSA) is 60.7 Å². The highest BCUT2D eigenvalue weighted by atomic mass is 19.4. The van der Waals surface area contributed by atoms with Crippen LogP contribution >= 0.6 is 0 Å². The molecule has 3 atom stereocenters. The molecular weight excluding hydrogens is 681 g/mol. The van der Waals surface area contributed by atoms with Crippen LogP contribution in [0.2, 0.25) is 0 Å². The largest absolute Gasteiger partial charge is 0.430 e. The lowest BCUT2D eigenvalue weighted by atomic mass is 9.82. The second kappa shape index (κ2) is 13.6. The van der Waals surface area contributed by atoms with Crippen LogP contribution in [0.1, 0.15) is 87.1 Å². The lowest BCUT2D eigenvalue weighted by Crippen LogP contribution is -2.54. The lowest BCUT2D eigenvalue weighted by molar-refractivity contribution is -0.376. The first-order chi connectivity index (χ1) is 20.8. The maximum absolute atomic E-state index is 13.1. The fraction of sp³-hybridized carbons (Fsp3) is 0.586. The average Bonchev–Trinajstić information content (AvgIpc) is 2.92. The molecule has 0 heterocycles. The van der Waals surface area contributed by atoms with Crippen molar-refractivity contribution < 1.29 is 81.2 Å². The molecule has 2 aromatic rings. The van der Waals surface area contributed by atoms with Gasteiger partial charge in [-0.05, 0) is 54.4 Å². The van der Waals surface area contributed by atoms with Crippen LogP contribution in [0.25, 0.3) is 0 Å². The van der Waals surface area contributed by atoms with Crippen LogP contribution in [-0.4, -0.2) is 46.2 Å². The number of hydrogen-bond donors (Lipinski definition) is 3. The Labute approximate surface area is 259 Å². The zero-order valence-corrected chi connectivity index (χ0v) is 25.1. The van der Waals surface area contributed by atoms with Crippen molar-refractivity contribution in [2.45, 2.75) is 107 Å². The molecule has 0 saturated carbocycles. The van der Waals surface area contributed by atoms with Gasteiger partial charge in [0.15, 0.2) is 5.60 Å². The molecule has 3 unspecified atom stereocenters. The summed E-state index contributed by atoms with van der Waals surface area (Å²) in [5.41, 5.74) is -18.0. The van der Waals surface area contributed by atoms with Gasteiger partial charge >= 0.3 is 30.9 Å². The second-order valence-corrected chi connectivity index (χ2v) is 11.1. The van der Waals surface area contributed by atoms with Gasteiger partial charge in [0.1, 0.15) is 0 Å². The third kappa shape index (κ3) is 8.29. The van der Waals surface area contributed by atoms with Gasteiger partial charge < -0.3 is 15.3 Å². The van der Waals surface area contributed by atoms with E-state index in [4.69, 9.17) is 0 Å². The minimum absolute atomic E-state index is 0.00826. The smallest absolute Gasteiger partial charge is 0.376 e. The Bertz CT molecular complexity index is 1290. The minimum Gasteiger partial charge on any atom is -0.376 e. The fourth-order valence-electron chi connectivity index (χ4n) is 4.09. The van der Waals surface area contributed by atoms with E-state index in [1.165, 1.54) is 26.0 Å². The van der Waals surface area contributed by atoms with E-state index in [1.807, 2.05) is 6.92 Å². The van der Waals surface area contributed by atoms with Crippen molar-refractivity contribution >= 4 is 0 Å². The van der Waals surface area contributed by atoms with Gasteiger partial charge in [-0.25, -0.2) is 0 Å². The fourth-order valence-corrected chi connectivity index (χ4v) is 4.09. The van der Waals surface area contributed by atoms with Gasteiger partial charge in [-0.2, -0.15) is 65.9 Å². The number of aliphatic hydroxyl groups is 3. The van der Waals surface area contributed by atoms with Gasteiger partial charge in [-0.1, -0.05) is 64.1 Å². The Balaban J connectivity index is 0.000000491. The van der Waals surface area contributed by atoms with Gasteiger partial charge in [-0.3, -0.25) is 0 Å². The summed E-state index contributed by atoms with van der Waals surface area (Å²) in [5, 5.41) is 28.4. The summed E-state index contributed by atoms with van der Waals surface area (Å²) in [5.74, 6) is -0.729. The maximum Gasteiger partial charge on any atom is 0.430 e.